The first-order valence-corrected chi connectivity index (χ1v) is 7.70. The first-order chi connectivity index (χ1) is 10.5. The van der Waals surface area contributed by atoms with Crippen molar-refractivity contribution in [1.29, 1.82) is 0 Å². The topological polar surface area (TPSA) is 50.4 Å². The first-order valence-electron chi connectivity index (χ1n) is 6.47. The van der Waals surface area contributed by atoms with Crippen LogP contribution in [0.15, 0.2) is 30.3 Å². The molecule has 0 saturated heterocycles. The van der Waals surface area contributed by atoms with Crippen LogP contribution in [-0.4, -0.2) is 18.2 Å². The van der Waals surface area contributed by atoms with Gasteiger partial charge in [0.05, 0.1) is 12.1 Å². The number of benzene rings is 1. The van der Waals surface area contributed by atoms with Gasteiger partial charge in [-0.05, 0) is 48.5 Å². The Labute approximate surface area is 137 Å². The van der Waals surface area contributed by atoms with E-state index in [1.807, 2.05) is 13.0 Å². The molecule has 0 aliphatic carbocycles. The van der Waals surface area contributed by atoms with Crippen molar-refractivity contribution in [1.82, 2.24) is 5.32 Å². The lowest BCUT2D eigenvalue weighted by atomic mass is 10.2. The third-order valence-electron chi connectivity index (χ3n) is 2.89. The predicted molar refractivity (Wildman–Crippen MR) is 89.9 cm³/mol. The molecule has 0 radical (unpaired) electrons. The van der Waals surface area contributed by atoms with E-state index in [0.717, 1.165) is 16.1 Å². The molecular formula is C15H15FN2O2S2. The van der Waals surface area contributed by atoms with E-state index in [-0.39, 0.29) is 11.8 Å². The van der Waals surface area contributed by atoms with Crippen molar-refractivity contribution in [2.24, 2.45) is 0 Å². The van der Waals surface area contributed by atoms with Crippen LogP contribution in [0.4, 0.5) is 9.39 Å². The minimum Gasteiger partial charge on any atom is -0.465 e. The van der Waals surface area contributed by atoms with E-state index < -0.39 is 0 Å². The lowest BCUT2D eigenvalue weighted by Crippen LogP contribution is -2.27. The molecule has 2 rings (SSSR count). The van der Waals surface area contributed by atoms with Gasteiger partial charge in [0.25, 0.3) is 0 Å². The Hall–Kier alpha value is -1.99. The summed E-state index contributed by atoms with van der Waals surface area (Å²) in [5, 5.41) is 7.24. The molecule has 0 spiro atoms. The summed E-state index contributed by atoms with van der Waals surface area (Å²) in [5.74, 6) is -0.630. The second-order valence-corrected chi connectivity index (χ2v) is 6.01. The maximum atomic E-state index is 12.8. The van der Waals surface area contributed by atoms with Crippen molar-refractivity contribution in [3.63, 3.8) is 0 Å². The number of hydrogen-bond donors (Lipinski definition) is 2. The molecule has 1 heterocycles. The highest BCUT2D eigenvalue weighted by Crippen LogP contribution is 2.27. The van der Waals surface area contributed by atoms with Crippen molar-refractivity contribution in [2.75, 3.05) is 12.4 Å². The van der Waals surface area contributed by atoms with Crippen LogP contribution in [0, 0.1) is 12.7 Å². The number of anilines is 1. The average molecular weight is 338 g/mol. The highest BCUT2D eigenvalue weighted by Gasteiger charge is 2.14. The third kappa shape index (κ3) is 4.25. The van der Waals surface area contributed by atoms with Gasteiger partial charge in [0.15, 0.2) is 5.11 Å². The Morgan fingerprint density at radius 2 is 2.05 bits per heavy atom. The van der Waals surface area contributed by atoms with Gasteiger partial charge in [-0.25, -0.2) is 9.18 Å². The van der Waals surface area contributed by atoms with Crippen LogP contribution < -0.4 is 10.6 Å². The molecule has 2 aromatic rings. The molecule has 1 aromatic heterocycles. The maximum absolute atomic E-state index is 12.8. The molecule has 0 unspecified atom stereocenters. The van der Waals surface area contributed by atoms with Gasteiger partial charge in [0.1, 0.15) is 10.7 Å². The van der Waals surface area contributed by atoms with Crippen LogP contribution in [-0.2, 0) is 11.3 Å². The van der Waals surface area contributed by atoms with Crippen molar-refractivity contribution in [2.45, 2.75) is 13.5 Å². The highest BCUT2D eigenvalue weighted by molar-refractivity contribution is 7.80. The fourth-order valence-corrected chi connectivity index (χ4v) is 3.02. The molecule has 2 N–H and O–H groups in total. The van der Waals surface area contributed by atoms with Gasteiger partial charge in [-0.15, -0.1) is 11.3 Å². The van der Waals surface area contributed by atoms with E-state index in [1.165, 1.54) is 30.6 Å². The molecule has 0 aliphatic heterocycles. The normalized spacial score (nSPS) is 10.1. The van der Waals surface area contributed by atoms with E-state index in [2.05, 4.69) is 10.6 Å². The molecule has 0 atom stereocenters. The number of ether oxygens (including phenoxy) is 1. The number of thiocarbonyl (C=S) groups is 1. The first kappa shape index (κ1) is 16.4. The van der Waals surface area contributed by atoms with Gasteiger partial charge in [-0.3, -0.25) is 0 Å². The second-order valence-electron chi connectivity index (χ2n) is 4.55. The van der Waals surface area contributed by atoms with Crippen LogP contribution in [0.25, 0.3) is 0 Å². The number of carbonyl (C=O) groups excluding carboxylic acids is 1. The standard InChI is InChI=1S/C15H15FN2O2S2/c1-9-7-12(22-13(9)14(19)20-2)18-15(21)17-8-10-3-5-11(16)6-4-10/h3-7H,8H2,1-2H3,(H2,17,18,21). The lowest BCUT2D eigenvalue weighted by Gasteiger charge is -2.08. The van der Waals surface area contributed by atoms with Crippen LogP contribution in [0.3, 0.4) is 0 Å². The smallest absolute Gasteiger partial charge is 0.348 e. The summed E-state index contributed by atoms with van der Waals surface area (Å²) in [5.41, 5.74) is 1.75. The van der Waals surface area contributed by atoms with E-state index in [4.69, 9.17) is 17.0 Å². The van der Waals surface area contributed by atoms with Crippen LogP contribution >= 0.6 is 23.6 Å². The molecule has 7 heteroatoms. The largest absolute Gasteiger partial charge is 0.465 e. The minimum atomic E-state index is -0.360. The maximum Gasteiger partial charge on any atom is 0.348 e. The van der Waals surface area contributed by atoms with E-state index in [9.17, 15) is 9.18 Å². The molecule has 0 fully saturated rings. The van der Waals surface area contributed by atoms with Crippen molar-refractivity contribution < 1.29 is 13.9 Å². The Morgan fingerprint density at radius 3 is 2.68 bits per heavy atom. The molecule has 0 saturated carbocycles. The van der Waals surface area contributed by atoms with Gasteiger partial charge < -0.3 is 15.4 Å². The van der Waals surface area contributed by atoms with Crippen molar-refractivity contribution in [3.05, 3.63) is 52.2 Å². The number of carbonyl (C=O) groups is 1. The molecule has 0 aliphatic rings. The zero-order valence-electron chi connectivity index (χ0n) is 12.1. The number of hydrogen-bond acceptors (Lipinski definition) is 4. The zero-order valence-corrected chi connectivity index (χ0v) is 13.7. The van der Waals surface area contributed by atoms with Gasteiger partial charge in [0.2, 0.25) is 0 Å². The van der Waals surface area contributed by atoms with E-state index in [0.29, 0.717) is 16.5 Å². The Bertz CT molecular complexity index is 683. The summed E-state index contributed by atoms with van der Waals surface area (Å²) < 4.78 is 17.5. The van der Waals surface area contributed by atoms with Crippen LogP contribution in [0.2, 0.25) is 0 Å². The molecule has 116 valence electrons. The summed E-state index contributed by atoms with van der Waals surface area (Å²) in [6.45, 7) is 2.32. The number of esters is 1. The number of aryl methyl sites for hydroxylation is 1. The fraction of sp³-hybridized carbons (Fsp3) is 0.200. The third-order valence-corrected chi connectivity index (χ3v) is 4.27. The van der Waals surface area contributed by atoms with E-state index >= 15 is 0 Å². The zero-order chi connectivity index (χ0) is 16.1. The Morgan fingerprint density at radius 1 is 1.36 bits per heavy atom. The van der Waals surface area contributed by atoms with E-state index in [1.54, 1.807) is 12.1 Å². The fourth-order valence-electron chi connectivity index (χ4n) is 1.78. The van der Waals surface area contributed by atoms with Gasteiger partial charge >= 0.3 is 5.97 Å². The summed E-state index contributed by atoms with van der Waals surface area (Å²) >= 11 is 6.48. The lowest BCUT2D eigenvalue weighted by molar-refractivity contribution is 0.0605. The Kier molecular flexibility index (Phi) is 5.46. The van der Waals surface area contributed by atoms with Gasteiger partial charge in [0, 0.05) is 6.54 Å². The molecule has 1 aromatic carbocycles. The molecule has 22 heavy (non-hydrogen) atoms. The quantitative estimate of drug-likeness (QED) is 0.660. The Balaban J connectivity index is 1.92. The summed E-state index contributed by atoms with van der Waals surface area (Å²) in [4.78, 5) is 12.1. The van der Waals surface area contributed by atoms with Crippen LogP contribution in [0.5, 0.6) is 0 Å². The van der Waals surface area contributed by atoms with Gasteiger partial charge in [-0.2, -0.15) is 0 Å². The molecular weight excluding hydrogens is 323 g/mol. The van der Waals surface area contributed by atoms with Crippen molar-refractivity contribution >= 4 is 39.6 Å². The van der Waals surface area contributed by atoms with Crippen LogP contribution in [0.1, 0.15) is 20.8 Å². The second kappa shape index (κ2) is 7.33. The number of rotatable bonds is 4. The van der Waals surface area contributed by atoms with Crippen molar-refractivity contribution in [3.8, 4) is 0 Å². The minimum absolute atomic E-state index is 0.270. The summed E-state index contributed by atoms with van der Waals surface area (Å²) in [6, 6.07) is 8.02. The number of nitrogens with one attached hydrogen (secondary N) is 2. The SMILES string of the molecule is COC(=O)c1sc(NC(=S)NCc2ccc(F)cc2)cc1C. The number of methoxy groups -OCH3 is 1. The highest BCUT2D eigenvalue weighted by atomic mass is 32.1. The molecule has 0 bridgehead atoms. The molecule has 0 amide bonds. The average Bonchev–Trinajstić information content (AvgIpc) is 2.86. The predicted octanol–water partition coefficient (Wildman–Crippen LogP) is 3.47. The summed E-state index contributed by atoms with van der Waals surface area (Å²) in [6.07, 6.45) is 0. The van der Waals surface area contributed by atoms with Gasteiger partial charge in [-0.1, -0.05) is 12.1 Å². The summed E-state index contributed by atoms with van der Waals surface area (Å²) in [7, 11) is 1.35. The number of halogens is 1. The molecule has 4 nitrogen and oxygen atoms in total. The number of thiophene rings is 1. The monoisotopic (exact) mass is 338 g/mol.